The first kappa shape index (κ1) is 15.6. The SMILES string of the molecule is CC1CCCC(CNC(=O)N2CC(=O)NCC2C(=O)O)C1. The molecule has 3 amide bonds. The molecule has 21 heavy (non-hydrogen) atoms. The van der Waals surface area contributed by atoms with Gasteiger partial charge in [0.05, 0.1) is 0 Å². The van der Waals surface area contributed by atoms with E-state index >= 15 is 0 Å². The number of aliphatic carboxylic acids is 1. The molecule has 118 valence electrons. The minimum Gasteiger partial charge on any atom is -0.480 e. The number of nitrogens with zero attached hydrogens (tertiary/aromatic N) is 1. The second-order valence-electron chi connectivity index (χ2n) is 6.11. The third-order valence-electron chi connectivity index (χ3n) is 4.32. The monoisotopic (exact) mass is 297 g/mol. The van der Waals surface area contributed by atoms with Crippen LogP contribution in [-0.2, 0) is 9.59 Å². The number of carboxylic acid groups (broad SMARTS) is 1. The van der Waals surface area contributed by atoms with Crippen molar-refractivity contribution in [3.05, 3.63) is 0 Å². The molecule has 0 radical (unpaired) electrons. The molecule has 1 aliphatic heterocycles. The van der Waals surface area contributed by atoms with Crippen LogP contribution in [0.5, 0.6) is 0 Å². The zero-order valence-electron chi connectivity index (χ0n) is 12.3. The first-order valence-corrected chi connectivity index (χ1v) is 7.51. The van der Waals surface area contributed by atoms with E-state index in [4.69, 9.17) is 5.11 Å². The molecule has 3 unspecified atom stereocenters. The Hall–Kier alpha value is -1.79. The lowest BCUT2D eigenvalue weighted by atomic mass is 9.82. The van der Waals surface area contributed by atoms with Crippen LogP contribution in [0, 0.1) is 11.8 Å². The van der Waals surface area contributed by atoms with Gasteiger partial charge in [-0.1, -0.05) is 19.8 Å². The standard InChI is InChI=1S/C14H23N3O4/c1-9-3-2-4-10(5-9)6-16-14(21)17-8-12(18)15-7-11(17)13(19)20/h9-11H,2-8H2,1H3,(H,15,18)(H,16,21)(H,19,20). The largest absolute Gasteiger partial charge is 0.480 e. The van der Waals surface area contributed by atoms with Gasteiger partial charge in [-0.25, -0.2) is 9.59 Å². The molecule has 2 aliphatic rings. The summed E-state index contributed by atoms with van der Waals surface area (Å²) in [5, 5.41) is 14.4. The fourth-order valence-electron chi connectivity index (χ4n) is 3.15. The maximum Gasteiger partial charge on any atom is 0.328 e. The number of amides is 3. The third-order valence-corrected chi connectivity index (χ3v) is 4.32. The van der Waals surface area contributed by atoms with Gasteiger partial charge in [0.2, 0.25) is 5.91 Å². The summed E-state index contributed by atoms with van der Waals surface area (Å²) in [6, 6.07) is -1.46. The molecule has 3 atom stereocenters. The van der Waals surface area contributed by atoms with Crippen molar-refractivity contribution in [2.24, 2.45) is 11.8 Å². The third kappa shape index (κ3) is 4.09. The minimum atomic E-state index is -1.10. The van der Waals surface area contributed by atoms with Crippen LogP contribution >= 0.6 is 0 Å². The average Bonchev–Trinajstić information content (AvgIpc) is 2.44. The quantitative estimate of drug-likeness (QED) is 0.702. The van der Waals surface area contributed by atoms with Gasteiger partial charge in [0.15, 0.2) is 0 Å². The molecule has 2 rings (SSSR count). The van der Waals surface area contributed by atoms with Gasteiger partial charge in [0, 0.05) is 13.1 Å². The molecule has 0 bridgehead atoms. The molecule has 7 nitrogen and oxygen atoms in total. The van der Waals surface area contributed by atoms with E-state index in [0.29, 0.717) is 18.4 Å². The molecular formula is C14H23N3O4. The first-order valence-electron chi connectivity index (χ1n) is 7.51. The van der Waals surface area contributed by atoms with E-state index in [1.54, 1.807) is 0 Å². The van der Waals surface area contributed by atoms with E-state index in [9.17, 15) is 14.4 Å². The van der Waals surface area contributed by atoms with Gasteiger partial charge in [-0.15, -0.1) is 0 Å². The smallest absolute Gasteiger partial charge is 0.328 e. The normalized spacial score (nSPS) is 29.7. The number of urea groups is 1. The van der Waals surface area contributed by atoms with Crippen molar-refractivity contribution < 1.29 is 19.5 Å². The number of piperazine rings is 1. The van der Waals surface area contributed by atoms with Crippen molar-refractivity contribution >= 4 is 17.9 Å². The summed E-state index contributed by atoms with van der Waals surface area (Å²) in [4.78, 5) is 35.8. The average molecular weight is 297 g/mol. The maximum atomic E-state index is 12.2. The van der Waals surface area contributed by atoms with Crippen molar-refractivity contribution in [3.63, 3.8) is 0 Å². The minimum absolute atomic E-state index is 0.0396. The Kier molecular flexibility index (Phi) is 5.03. The molecule has 0 spiro atoms. The lowest BCUT2D eigenvalue weighted by molar-refractivity contribution is -0.144. The highest BCUT2D eigenvalue weighted by Gasteiger charge is 2.35. The van der Waals surface area contributed by atoms with E-state index in [0.717, 1.165) is 17.7 Å². The predicted molar refractivity (Wildman–Crippen MR) is 75.7 cm³/mol. The molecule has 3 N–H and O–H groups in total. The predicted octanol–water partition coefficient (Wildman–Crippen LogP) is 0.407. The highest BCUT2D eigenvalue weighted by molar-refractivity contribution is 5.90. The molecule has 7 heteroatoms. The number of rotatable bonds is 3. The number of carbonyl (C=O) groups excluding carboxylic acids is 2. The number of hydrogen-bond acceptors (Lipinski definition) is 3. The van der Waals surface area contributed by atoms with Crippen LogP contribution in [0.15, 0.2) is 0 Å². The van der Waals surface area contributed by atoms with Crippen molar-refractivity contribution in [3.8, 4) is 0 Å². The lowest BCUT2D eigenvalue weighted by Crippen LogP contribution is -2.61. The Morgan fingerprint density at radius 2 is 2.19 bits per heavy atom. The van der Waals surface area contributed by atoms with E-state index < -0.39 is 18.0 Å². The Morgan fingerprint density at radius 1 is 1.43 bits per heavy atom. The van der Waals surface area contributed by atoms with Crippen LogP contribution in [0.4, 0.5) is 4.79 Å². The van der Waals surface area contributed by atoms with Crippen LogP contribution in [0.25, 0.3) is 0 Å². The van der Waals surface area contributed by atoms with E-state index in [1.165, 1.54) is 12.8 Å². The van der Waals surface area contributed by atoms with Crippen molar-refractivity contribution in [2.45, 2.75) is 38.6 Å². The maximum absolute atomic E-state index is 12.2. The lowest BCUT2D eigenvalue weighted by Gasteiger charge is -2.33. The highest BCUT2D eigenvalue weighted by atomic mass is 16.4. The summed E-state index contributed by atoms with van der Waals surface area (Å²) >= 11 is 0. The van der Waals surface area contributed by atoms with Crippen molar-refractivity contribution in [1.82, 2.24) is 15.5 Å². The van der Waals surface area contributed by atoms with Gasteiger partial charge in [-0.3, -0.25) is 9.69 Å². The van der Waals surface area contributed by atoms with Crippen LogP contribution in [0.1, 0.15) is 32.6 Å². The van der Waals surface area contributed by atoms with E-state index in [-0.39, 0.29) is 19.0 Å². The first-order chi connectivity index (χ1) is 9.97. The second-order valence-corrected chi connectivity index (χ2v) is 6.11. The Labute approximate surface area is 124 Å². The van der Waals surface area contributed by atoms with Crippen molar-refractivity contribution in [2.75, 3.05) is 19.6 Å². The number of carbonyl (C=O) groups is 3. The number of carboxylic acids is 1. The van der Waals surface area contributed by atoms with E-state index in [2.05, 4.69) is 17.6 Å². The summed E-state index contributed by atoms with van der Waals surface area (Å²) in [6.07, 6.45) is 4.58. The molecule has 0 aromatic rings. The Bertz CT molecular complexity index is 426. The van der Waals surface area contributed by atoms with Gasteiger partial charge in [-0.05, 0) is 24.7 Å². The fourth-order valence-corrected chi connectivity index (χ4v) is 3.15. The summed E-state index contributed by atoms with van der Waals surface area (Å²) in [7, 11) is 0. The molecule has 1 aliphatic carbocycles. The summed E-state index contributed by atoms with van der Waals surface area (Å²) in [5.41, 5.74) is 0. The van der Waals surface area contributed by atoms with Gasteiger partial charge in [-0.2, -0.15) is 0 Å². The molecule has 1 saturated heterocycles. The second kappa shape index (κ2) is 6.78. The summed E-state index contributed by atoms with van der Waals surface area (Å²) in [6.45, 7) is 2.52. The van der Waals surface area contributed by atoms with Crippen LogP contribution in [0.3, 0.4) is 0 Å². The van der Waals surface area contributed by atoms with Crippen molar-refractivity contribution in [1.29, 1.82) is 0 Å². The summed E-state index contributed by atoms with van der Waals surface area (Å²) < 4.78 is 0. The highest BCUT2D eigenvalue weighted by Crippen LogP contribution is 2.27. The van der Waals surface area contributed by atoms with Gasteiger partial charge < -0.3 is 15.7 Å². The zero-order valence-corrected chi connectivity index (χ0v) is 12.3. The fraction of sp³-hybridized carbons (Fsp3) is 0.786. The van der Waals surface area contributed by atoms with Crippen LogP contribution in [0.2, 0.25) is 0 Å². The summed E-state index contributed by atoms with van der Waals surface area (Å²) in [5.74, 6) is -0.307. The number of hydrogen-bond donors (Lipinski definition) is 3. The van der Waals surface area contributed by atoms with Gasteiger partial charge in [0.25, 0.3) is 0 Å². The zero-order chi connectivity index (χ0) is 15.4. The number of nitrogens with one attached hydrogen (secondary N) is 2. The molecule has 2 fully saturated rings. The molecule has 0 aromatic heterocycles. The molecular weight excluding hydrogens is 274 g/mol. The van der Waals surface area contributed by atoms with E-state index in [1.807, 2.05) is 0 Å². The van der Waals surface area contributed by atoms with Gasteiger partial charge >= 0.3 is 12.0 Å². The molecule has 1 heterocycles. The van der Waals surface area contributed by atoms with Crippen LogP contribution in [-0.4, -0.2) is 53.6 Å². The van der Waals surface area contributed by atoms with Crippen LogP contribution < -0.4 is 10.6 Å². The Balaban J connectivity index is 1.88. The molecule has 0 aromatic carbocycles. The molecule has 1 saturated carbocycles. The topological polar surface area (TPSA) is 98.7 Å². The van der Waals surface area contributed by atoms with Gasteiger partial charge in [0.1, 0.15) is 12.6 Å². The Morgan fingerprint density at radius 3 is 2.86 bits per heavy atom.